The number of halogens is 2. The first-order valence-electron chi connectivity index (χ1n) is 5.13. The molecule has 0 radical (unpaired) electrons. The average molecular weight is 247 g/mol. The fourth-order valence-corrected chi connectivity index (χ4v) is 1.89. The number of imidazole rings is 1. The van der Waals surface area contributed by atoms with Crippen LogP contribution in [0.25, 0.3) is 22.4 Å². The minimum Gasteiger partial charge on any atom is -0.338 e. The number of nitrogens with one attached hydrogen (secondary N) is 1. The summed E-state index contributed by atoms with van der Waals surface area (Å²) in [7, 11) is 0. The van der Waals surface area contributed by atoms with Gasteiger partial charge in [0.2, 0.25) is 0 Å². The summed E-state index contributed by atoms with van der Waals surface area (Å²) in [6, 6.07) is 11.7. The molecule has 17 heavy (non-hydrogen) atoms. The van der Waals surface area contributed by atoms with Crippen molar-refractivity contribution in [3.63, 3.8) is 0 Å². The summed E-state index contributed by atoms with van der Waals surface area (Å²) in [6.45, 7) is 0. The highest BCUT2D eigenvalue weighted by Crippen LogP contribution is 2.22. The zero-order chi connectivity index (χ0) is 11.8. The van der Waals surface area contributed by atoms with Crippen molar-refractivity contribution < 1.29 is 4.39 Å². The molecule has 0 fully saturated rings. The molecule has 0 saturated carbocycles. The van der Waals surface area contributed by atoms with E-state index in [9.17, 15) is 4.39 Å². The van der Waals surface area contributed by atoms with Crippen LogP contribution >= 0.6 is 11.6 Å². The second-order valence-corrected chi connectivity index (χ2v) is 4.19. The summed E-state index contributed by atoms with van der Waals surface area (Å²) in [5, 5.41) is 0.648. The molecule has 1 N–H and O–H groups in total. The number of benzene rings is 2. The number of aromatic nitrogens is 2. The molecule has 2 nitrogen and oxygen atoms in total. The SMILES string of the molecule is Fc1ccc(-c2nc3cc(Cl)ccc3[nH]2)cc1. The molecule has 0 spiro atoms. The molecule has 3 aromatic rings. The number of H-pyrrole nitrogens is 1. The molecule has 2 aromatic carbocycles. The predicted molar refractivity (Wildman–Crippen MR) is 66.5 cm³/mol. The quantitative estimate of drug-likeness (QED) is 0.690. The summed E-state index contributed by atoms with van der Waals surface area (Å²) in [5.41, 5.74) is 2.56. The smallest absolute Gasteiger partial charge is 0.138 e. The summed E-state index contributed by atoms with van der Waals surface area (Å²) in [5.74, 6) is 0.454. The van der Waals surface area contributed by atoms with Crippen molar-refractivity contribution in [3.8, 4) is 11.4 Å². The van der Waals surface area contributed by atoms with E-state index in [1.54, 1.807) is 24.3 Å². The second-order valence-electron chi connectivity index (χ2n) is 3.75. The maximum absolute atomic E-state index is 12.8. The maximum Gasteiger partial charge on any atom is 0.138 e. The van der Waals surface area contributed by atoms with Gasteiger partial charge in [-0.25, -0.2) is 9.37 Å². The Bertz CT molecular complexity index is 673. The Morgan fingerprint density at radius 1 is 1.06 bits per heavy atom. The number of rotatable bonds is 1. The topological polar surface area (TPSA) is 28.7 Å². The van der Waals surface area contributed by atoms with Gasteiger partial charge in [-0.3, -0.25) is 0 Å². The van der Waals surface area contributed by atoms with Crippen molar-refractivity contribution in [2.45, 2.75) is 0 Å². The summed E-state index contributed by atoms with van der Waals surface area (Å²) in [4.78, 5) is 7.58. The van der Waals surface area contributed by atoms with E-state index in [-0.39, 0.29) is 5.82 Å². The molecule has 0 aliphatic rings. The van der Waals surface area contributed by atoms with Gasteiger partial charge in [0.1, 0.15) is 11.6 Å². The lowest BCUT2D eigenvalue weighted by molar-refractivity contribution is 0.628. The van der Waals surface area contributed by atoms with E-state index < -0.39 is 0 Å². The highest BCUT2D eigenvalue weighted by atomic mass is 35.5. The third-order valence-corrected chi connectivity index (χ3v) is 2.80. The Hall–Kier alpha value is -1.87. The number of hydrogen-bond donors (Lipinski definition) is 1. The lowest BCUT2D eigenvalue weighted by atomic mass is 10.2. The molecule has 0 aliphatic carbocycles. The van der Waals surface area contributed by atoms with Crippen LogP contribution in [0.15, 0.2) is 42.5 Å². The third-order valence-electron chi connectivity index (χ3n) is 2.56. The fourth-order valence-electron chi connectivity index (χ4n) is 1.72. The fraction of sp³-hybridized carbons (Fsp3) is 0. The summed E-state index contributed by atoms with van der Waals surface area (Å²) < 4.78 is 12.8. The molecule has 4 heteroatoms. The van der Waals surface area contributed by atoms with Gasteiger partial charge < -0.3 is 4.98 Å². The van der Waals surface area contributed by atoms with Gasteiger partial charge in [0.05, 0.1) is 11.0 Å². The standard InChI is InChI=1S/C13H8ClFN2/c14-9-3-6-11-12(7-9)17-13(16-11)8-1-4-10(15)5-2-8/h1-7H,(H,16,17). The number of hydrogen-bond acceptors (Lipinski definition) is 1. The first-order chi connectivity index (χ1) is 8.22. The van der Waals surface area contributed by atoms with E-state index in [1.807, 2.05) is 6.07 Å². The van der Waals surface area contributed by atoms with Gasteiger partial charge in [-0.1, -0.05) is 11.6 Å². The van der Waals surface area contributed by atoms with Crippen LogP contribution in [-0.2, 0) is 0 Å². The molecule has 1 aromatic heterocycles. The van der Waals surface area contributed by atoms with Crippen LogP contribution in [0.5, 0.6) is 0 Å². The van der Waals surface area contributed by atoms with Gasteiger partial charge in [-0.15, -0.1) is 0 Å². The molecular formula is C13H8ClFN2. The molecule has 0 atom stereocenters. The Kier molecular flexibility index (Phi) is 2.34. The van der Waals surface area contributed by atoms with Crippen molar-refractivity contribution in [1.29, 1.82) is 0 Å². The lowest BCUT2D eigenvalue weighted by Gasteiger charge is -1.94. The molecule has 0 amide bonds. The van der Waals surface area contributed by atoms with Gasteiger partial charge in [0.25, 0.3) is 0 Å². The van der Waals surface area contributed by atoms with Crippen LogP contribution in [0.2, 0.25) is 5.02 Å². The lowest BCUT2D eigenvalue weighted by Crippen LogP contribution is -1.80. The average Bonchev–Trinajstić information content (AvgIpc) is 2.72. The van der Waals surface area contributed by atoms with Gasteiger partial charge in [0, 0.05) is 10.6 Å². The molecule has 0 saturated heterocycles. The van der Waals surface area contributed by atoms with Crippen LogP contribution in [0.4, 0.5) is 4.39 Å². The van der Waals surface area contributed by atoms with Crippen molar-refractivity contribution in [2.24, 2.45) is 0 Å². The van der Waals surface area contributed by atoms with Crippen LogP contribution in [0.3, 0.4) is 0 Å². The van der Waals surface area contributed by atoms with Crippen LogP contribution in [0.1, 0.15) is 0 Å². The zero-order valence-electron chi connectivity index (χ0n) is 8.74. The number of nitrogens with zero attached hydrogens (tertiary/aromatic N) is 1. The van der Waals surface area contributed by atoms with E-state index in [1.165, 1.54) is 12.1 Å². The highest BCUT2D eigenvalue weighted by molar-refractivity contribution is 6.31. The van der Waals surface area contributed by atoms with Crippen molar-refractivity contribution in [2.75, 3.05) is 0 Å². The normalized spacial score (nSPS) is 10.9. The zero-order valence-corrected chi connectivity index (χ0v) is 9.50. The van der Waals surface area contributed by atoms with Gasteiger partial charge in [0.15, 0.2) is 0 Å². The Morgan fingerprint density at radius 2 is 1.82 bits per heavy atom. The second kappa shape index (κ2) is 3.86. The van der Waals surface area contributed by atoms with E-state index >= 15 is 0 Å². The third kappa shape index (κ3) is 1.89. The van der Waals surface area contributed by atoms with E-state index in [4.69, 9.17) is 11.6 Å². The van der Waals surface area contributed by atoms with Crippen LogP contribution in [0, 0.1) is 5.82 Å². The van der Waals surface area contributed by atoms with Crippen LogP contribution in [-0.4, -0.2) is 9.97 Å². The van der Waals surface area contributed by atoms with Crippen molar-refractivity contribution in [1.82, 2.24) is 9.97 Å². The Balaban J connectivity index is 2.14. The van der Waals surface area contributed by atoms with Crippen LogP contribution < -0.4 is 0 Å². The summed E-state index contributed by atoms with van der Waals surface area (Å²) in [6.07, 6.45) is 0. The first-order valence-corrected chi connectivity index (χ1v) is 5.51. The van der Waals surface area contributed by atoms with E-state index in [2.05, 4.69) is 9.97 Å². The number of fused-ring (bicyclic) bond motifs is 1. The molecular weight excluding hydrogens is 239 g/mol. The van der Waals surface area contributed by atoms with Gasteiger partial charge in [-0.05, 0) is 42.5 Å². The largest absolute Gasteiger partial charge is 0.338 e. The minimum atomic E-state index is -0.257. The molecule has 3 rings (SSSR count). The highest BCUT2D eigenvalue weighted by Gasteiger charge is 2.05. The van der Waals surface area contributed by atoms with Gasteiger partial charge >= 0.3 is 0 Å². The van der Waals surface area contributed by atoms with Gasteiger partial charge in [-0.2, -0.15) is 0 Å². The van der Waals surface area contributed by atoms with E-state index in [0.29, 0.717) is 10.8 Å². The molecule has 0 bridgehead atoms. The molecule has 84 valence electrons. The minimum absolute atomic E-state index is 0.257. The first kappa shape index (κ1) is 10.3. The van der Waals surface area contributed by atoms with E-state index in [0.717, 1.165) is 16.6 Å². The Morgan fingerprint density at radius 3 is 2.59 bits per heavy atom. The van der Waals surface area contributed by atoms with Crippen molar-refractivity contribution in [3.05, 3.63) is 53.3 Å². The van der Waals surface area contributed by atoms with Crippen molar-refractivity contribution >= 4 is 22.6 Å². The molecule has 1 heterocycles. The Labute approximate surface area is 102 Å². The maximum atomic E-state index is 12.8. The number of aromatic amines is 1. The molecule has 0 aliphatic heterocycles. The summed E-state index contributed by atoms with van der Waals surface area (Å²) >= 11 is 5.89. The predicted octanol–water partition coefficient (Wildman–Crippen LogP) is 4.02. The monoisotopic (exact) mass is 246 g/mol. The molecule has 0 unspecified atom stereocenters.